The fraction of sp³-hybridized carbons (Fsp3) is 0.0833. The van der Waals surface area contributed by atoms with Gasteiger partial charge in [-0.2, -0.15) is 0 Å². The molecule has 0 radical (unpaired) electrons. The van der Waals surface area contributed by atoms with E-state index in [0.717, 1.165) is 0 Å². The van der Waals surface area contributed by atoms with Gasteiger partial charge in [0.05, 0.1) is 23.4 Å². The summed E-state index contributed by atoms with van der Waals surface area (Å²) in [6.07, 6.45) is 5.90. The zero-order valence-electron chi connectivity index (χ0n) is 7.94. The summed E-state index contributed by atoms with van der Waals surface area (Å²) < 4.78 is 2.13. The van der Waals surface area contributed by atoms with Crippen molar-refractivity contribution in [3.63, 3.8) is 0 Å². The van der Waals surface area contributed by atoms with Crippen LogP contribution in [0.25, 0.3) is 22.4 Å². The van der Waals surface area contributed by atoms with Crippen molar-refractivity contribution in [3.8, 4) is 0 Å². The molecule has 0 aliphatic rings. The molecule has 0 unspecified atom stereocenters. The van der Waals surface area contributed by atoms with Crippen molar-refractivity contribution in [1.82, 2.24) is 9.38 Å². The molecule has 0 atom stereocenters. The molecule has 0 spiro atoms. The van der Waals surface area contributed by atoms with E-state index < -0.39 is 0 Å². The molecule has 0 aliphatic carbocycles. The van der Waals surface area contributed by atoms with Crippen LogP contribution in [-0.2, 0) is 0 Å². The first-order chi connectivity index (χ1) is 6.92. The van der Waals surface area contributed by atoms with Crippen LogP contribution in [0.5, 0.6) is 0 Å². The van der Waals surface area contributed by atoms with E-state index in [1.807, 2.05) is 12.5 Å². The van der Waals surface area contributed by atoms with Crippen LogP contribution in [-0.4, -0.2) is 9.38 Å². The van der Waals surface area contributed by atoms with Gasteiger partial charge in [0.15, 0.2) is 0 Å². The average molecular weight is 182 g/mol. The van der Waals surface area contributed by atoms with E-state index in [4.69, 9.17) is 0 Å². The Labute approximate surface area is 81.5 Å². The highest BCUT2D eigenvalue weighted by atomic mass is 15.0. The second kappa shape index (κ2) is 2.58. The minimum atomic E-state index is 1.19. The molecule has 2 heteroatoms. The lowest BCUT2D eigenvalue weighted by Gasteiger charge is -1.86. The van der Waals surface area contributed by atoms with Crippen molar-refractivity contribution < 1.29 is 0 Å². The molecular weight excluding hydrogens is 172 g/mol. The van der Waals surface area contributed by atoms with Crippen LogP contribution in [0.3, 0.4) is 0 Å². The third-order valence-corrected chi connectivity index (χ3v) is 2.65. The third-order valence-electron chi connectivity index (χ3n) is 2.65. The fourth-order valence-electron chi connectivity index (χ4n) is 2.04. The van der Waals surface area contributed by atoms with Crippen LogP contribution in [0.15, 0.2) is 36.8 Å². The Morgan fingerprint density at radius 2 is 2.00 bits per heavy atom. The topological polar surface area (TPSA) is 17.3 Å². The maximum atomic E-state index is 4.16. The number of aromatic nitrogens is 2. The molecular formula is C12H10N2. The van der Waals surface area contributed by atoms with Crippen molar-refractivity contribution in [2.75, 3.05) is 0 Å². The molecule has 2 heterocycles. The van der Waals surface area contributed by atoms with Crippen LogP contribution in [0.1, 0.15) is 6.92 Å². The average Bonchev–Trinajstić information content (AvgIpc) is 2.77. The molecule has 68 valence electrons. The van der Waals surface area contributed by atoms with E-state index in [1.165, 1.54) is 21.6 Å². The van der Waals surface area contributed by atoms with Crippen molar-refractivity contribution in [3.05, 3.63) is 42.1 Å². The second-order valence-electron chi connectivity index (χ2n) is 3.37. The lowest BCUT2D eigenvalue weighted by atomic mass is 10.2. The largest absolute Gasteiger partial charge is 0.299 e. The Hall–Kier alpha value is -1.83. The number of hydrogen-bond acceptors (Lipinski definition) is 1. The first-order valence-electron chi connectivity index (χ1n) is 4.70. The standard InChI is InChI=1S/C12H10N2/c1-2-11-9-5-3-4-6-10(9)12-7-13-8-14(11)12/h2-8H,1H3/b11-2-. The Kier molecular flexibility index (Phi) is 1.39. The molecule has 3 rings (SSSR count). The van der Waals surface area contributed by atoms with E-state index >= 15 is 0 Å². The summed E-state index contributed by atoms with van der Waals surface area (Å²) in [5.41, 5.74) is 1.19. The highest BCUT2D eigenvalue weighted by Gasteiger charge is 2.04. The predicted molar refractivity (Wildman–Crippen MR) is 58.1 cm³/mol. The van der Waals surface area contributed by atoms with Crippen molar-refractivity contribution in [2.24, 2.45) is 0 Å². The normalized spacial score (nSPS) is 13.1. The zero-order chi connectivity index (χ0) is 9.54. The van der Waals surface area contributed by atoms with Gasteiger partial charge < -0.3 is 0 Å². The molecule has 3 aromatic rings. The van der Waals surface area contributed by atoms with Gasteiger partial charge in [-0.3, -0.25) is 4.40 Å². The van der Waals surface area contributed by atoms with Crippen LogP contribution >= 0.6 is 0 Å². The maximum Gasteiger partial charge on any atom is 0.0997 e. The minimum absolute atomic E-state index is 1.19. The number of nitrogens with zero attached hydrogens (tertiary/aromatic N) is 2. The number of hydrogen-bond donors (Lipinski definition) is 0. The maximum absolute atomic E-state index is 4.16. The molecule has 0 fully saturated rings. The number of rotatable bonds is 0. The van der Waals surface area contributed by atoms with Crippen molar-refractivity contribution in [2.45, 2.75) is 6.92 Å². The highest BCUT2D eigenvalue weighted by molar-refractivity contribution is 5.97. The number of benzene rings is 1. The van der Waals surface area contributed by atoms with Crippen LogP contribution in [0, 0.1) is 0 Å². The van der Waals surface area contributed by atoms with E-state index in [-0.39, 0.29) is 0 Å². The molecule has 0 bridgehead atoms. The van der Waals surface area contributed by atoms with Gasteiger partial charge in [0, 0.05) is 10.8 Å². The number of fused-ring (bicyclic) bond motifs is 3. The smallest absolute Gasteiger partial charge is 0.0997 e. The third kappa shape index (κ3) is 0.777. The molecule has 14 heavy (non-hydrogen) atoms. The Morgan fingerprint density at radius 1 is 1.21 bits per heavy atom. The van der Waals surface area contributed by atoms with Gasteiger partial charge in [-0.15, -0.1) is 0 Å². The molecule has 0 aliphatic heterocycles. The quantitative estimate of drug-likeness (QED) is 0.520. The Morgan fingerprint density at radius 3 is 2.79 bits per heavy atom. The monoisotopic (exact) mass is 182 g/mol. The molecule has 2 aromatic heterocycles. The molecule has 0 saturated carbocycles. The van der Waals surface area contributed by atoms with Gasteiger partial charge >= 0.3 is 0 Å². The second-order valence-corrected chi connectivity index (χ2v) is 3.37. The lowest BCUT2D eigenvalue weighted by molar-refractivity contribution is 1.14. The first-order valence-corrected chi connectivity index (χ1v) is 4.70. The van der Waals surface area contributed by atoms with Crippen LogP contribution in [0.2, 0.25) is 0 Å². The Bertz CT molecular complexity index is 649. The van der Waals surface area contributed by atoms with Gasteiger partial charge in [0.2, 0.25) is 0 Å². The van der Waals surface area contributed by atoms with Gasteiger partial charge in [0.25, 0.3) is 0 Å². The van der Waals surface area contributed by atoms with Gasteiger partial charge in [-0.1, -0.05) is 30.3 Å². The van der Waals surface area contributed by atoms with E-state index in [9.17, 15) is 0 Å². The molecule has 2 nitrogen and oxygen atoms in total. The van der Waals surface area contributed by atoms with Crippen molar-refractivity contribution >= 4 is 22.4 Å². The van der Waals surface area contributed by atoms with Crippen LogP contribution in [0.4, 0.5) is 0 Å². The fourth-order valence-corrected chi connectivity index (χ4v) is 2.04. The molecule has 1 aromatic carbocycles. The summed E-state index contributed by atoms with van der Waals surface area (Å²) in [5, 5.41) is 3.80. The molecule has 0 saturated heterocycles. The molecule has 0 N–H and O–H groups in total. The summed E-state index contributed by atoms with van der Waals surface area (Å²) in [5.74, 6) is 0. The highest BCUT2D eigenvalue weighted by Crippen LogP contribution is 2.16. The zero-order valence-corrected chi connectivity index (χ0v) is 7.94. The summed E-state index contributed by atoms with van der Waals surface area (Å²) in [6.45, 7) is 2.06. The summed E-state index contributed by atoms with van der Waals surface area (Å²) in [4.78, 5) is 4.16. The minimum Gasteiger partial charge on any atom is -0.299 e. The SMILES string of the molecule is C/C=c1/c2ccccc2c2cncn12. The summed E-state index contributed by atoms with van der Waals surface area (Å²) in [6, 6.07) is 8.42. The lowest BCUT2D eigenvalue weighted by Crippen LogP contribution is -2.05. The summed E-state index contributed by atoms with van der Waals surface area (Å²) >= 11 is 0. The van der Waals surface area contributed by atoms with E-state index in [2.05, 4.69) is 46.6 Å². The van der Waals surface area contributed by atoms with Gasteiger partial charge in [-0.05, 0) is 6.92 Å². The van der Waals surface area contributed by atoms with Crippen molar-refractivity contribution in [1.29, 1.82) is 0 Å². The molecule has 0 amide bonds. The van der Waals surface area contributed by atoms with Gasteiger partial charge in [0.1, 0.15) is 0 Å². The van der Waals surface area contributed by atoms with E-state index in [1.54, 1.807) is 0 Å². The number of imidazole rings is 1. The first kappa shape index (κ1) is 7.56. The van der Waals surface area contributed by atoms with Gasteiger partial charge in [-0.25, -0.2) is 4.98 Å². The van der Waals surface area contributed by atoms with Crippen LogP contribution < -0.4 is 5.35 Å². The Balaban J connectivity index is 2.77. The predicted octanol–water partition coefficient (Wildman–Crippen LogP) is 2.01. The van der Waals surface area contributed by atoms with E-state index in [0.29, 0.717) is 0 Å². The summed E-state index contributed by atoms with van der Waals surface area (Å²) in [7, 11) is 0.